The highest BCUT2D eigenvalue weighted by Gasteiger charge is 2.17. The minimum atomic E-state index is -1.82. The lowest BCUT2D eigenvalue weighted by Crippen LogP contribution is -2.45. The van der Waals surface area contributed by atoms with Gasteiger partial charge in [0.1, 0.15) is 0 Å². The zero-order chi connectivity index (χ0) is 21.2. The predicted octanol–water partition coefficient (Wildman–Crippen LogP) is 3.19. The van der Waals surface area contributed by atoms with E-state index in [1.165, 1.54) is 21.6 Å². The number of hydrogen-bond acceptors (Lipinski definition) is 5. The van der Waals surface area contributed by atoms with Crippen LogP contribution >= 0.6 is 11.8 Å². The van der Waals surface area contributed by atoms with Crippen molar-refractivity contribution in [2.75, 3.05) is 32.4 Å². The van der Waals surface area contributed by atoms with Gasteiger partial charge in [-0.1, -0.05) is 42.0 Å². The predicted molar refractivity (Wildman–Crippen MR) is 115 cm³/mol. The number of nitrogens with zero attached hydrogens (tertiary/aromatic N) is 2. The van der Waals surface area contributed by atoms with Crippen molar-refractivity contribution in [1.29, 1.82) is 0 Å². The molecule has 0 atom stereocenters. The highest BCUT2D eigenvalue weighted by atomic mass is 32.2. The van der Waals surface area contributed by atoms with E-state index in [2.05, 4.69) is 71.5 Å². The number of rotatable bonds is 5. The molecule has 29 heavy (non-hydrogen) atoms. The van der Waals surface area contributed by atoms with Gasteiger partial charge in [-0.25, -0.2) is 9.59 Å². The Labute approximate surface area is 176 Å². The van der Waals surface area contributed by atoms with E-state index in [4.69, 9.17) is 19.8 Å². The summed E-state index contributed by atoms with van der Waals surface area (Å²) in [5, 5.41) is 14.8. The van der Waals surface area contributed by atoms with Crippen molar-refractivity contribution in [1.82, 2.24) is 9.80 Å². The Morgan fingerprint density at radius 3 is 1.83 bits per heavy atom. The van der Waals surface area contributed by atoms with Gasteiger partial charge in [-0.05, 0) is 36.4 Å². The van der Waals surface area contributed by atoms with Gasteiger partial charge < -0.3 is 10.2 Å². The summed E-state index contributed by atoms with van der Waals surface area (Å²) in [7, 11) is 0. The summed E-state index contributed by atoms with van der Waals surface area (Å²) in [6.07, 6.45) is 2.13. The molecule has 156 valence electrons. The molecule has 0 amide bonds. The molecule has 2 aromatic carbocycles. The maximum absolute atomic E-state index is 9.10. The highest BCUT2D eigenvalue weighted by Crippen LogP contribution is 2.17. The van der Waals surface area contributed by atoms with E-state index in [1.54, 1.807) is 11.8 Å². The van der Waals surface area contributed by atoms with Gasteiger partial charge in [-0.2, -0.15) is 0 Å². The van der Waals surface area contributed by atoms with Gasteiger partial charge in [0.2, 0.25) is 0 Å². The summed E-state index contributed by atoms with van der Waals surface area (Å²) < 4.78 is 0. The minimum absolute atomic E-state index is 1.08. The summed E-state index contributed by atoms with van der Waals surface area (Å²) in [6, 6.07) is 17.9. The van der Waals surface area contributed by atoms with Crippen LogP contribution < -0.4 is 0 Å². The molecule has 2 N–H and O–H groups in total. The molecular weight excluding hydrogens is 388 g/mol. The number of carbonyl (C=O) groups is 2. The van der Waals surface area contributed by atoms with Crippen LogP contribution in [0.2, 0.25) is 0 Å². The maximum Gasteiger partial charge on any atom is 0.414 e. The summed E-state index contributed by atoms with van der Waals surface area (Å²) in [6.45, 7) is 8.98. The van der Waals surface area contributed by atoms with Crippen LogP contribution in [0.4, 0.5) is 0 Å². The molecule has 1 aliphatic rings. The molecule has 0 unspecified atom stereocenters. The van der Waals surface area contributed by atoms with Crippen molar-refractivity contribution in [2.45, 2.75) is 24.9 Å². The van der Waals surface area contributed by atoms with Gasteiger partial charge in [-0.3, -0.25) is 9.80 Å². The third kappa shape index (κ3) is 8.27. The van der Waals surface area contributed by atoms with Gasteiger partial charge in [0, 0.05) is 44.2 Å². The molecule has 1 heterocycles. The fraction of sp³-hybridized carbons (Fsp3) is 0.364. The monoisotopic (exact) mass is 416 g/mol. The molecule has 6 nitrogen and oxygen atoms in total. The summed E-state index contributed by atoms with van der Waals surface area (Å²) >= 11 is 1.81. The number of piperazine rings is 1. The van der Waals surface area contributed by atoms with Crippen LogP contribution in [0.25, 0.3) is 0 Å². The van der Waals surface area contributed by atoms with Crippen LogP contribution in [-0.4, -0.2) is 64.4 Å². The fourth-order valence-corrected chi connectivity index (χ4v) is 3.57. The van der Waals surface area contributed by atoms with E-state index in [0.717, 1.165) is 39.3 Å². The van der Waals surface area contributed by atoms with Gasteiger partial charge in [0.05, 0.1) is 0 Å². The van der Waals surface area contributed by atoms with Gasteiger partial charge >= 0.3 is 11.9 Å². The Bertz CT molecular complexity index is 791. The first-order valence-corrected chi connectivity index (χ1v) is 10.7. The molecule has 3 rings (SSSR count). The van der Waals surface area contributed by atoms with E-state index >= 15 is 0 Å². The summed E-state index contributed by atoms with van der Waals surface area (Å²) in [4.78, 5) is 24.7. The Kier molecular flexibility index (Phi) is 9.18. The van der Waals surface area contributed by atoms with E-state index < -0.39 is 11.9 Å². The first-order chi connectivity index (χ1) is 13.9. The Balaban J connectivity index is 0.000000438. The first kappa shape index (κ1) is 22.9. The largest absolute Gasteiger partial charge is 0.473 e. The van der Waals surface area contributed by atoms with Crippen LogP contribution in [0.1, 0.15) is 16.7 Å². The quantitative estimate of drug-likeness (QED) is 0.572. The number of thioether (sulfide) groups is 1. The standard InChI is InChI=1S/C20H26N2S.C2H2O4/c1-17-4-3-5-19(14-17)16-22-12-10-21(11-13-22)15-18-6-8-20(23-2)9-7-18;3-1(4)2(5)6/h3-9,14H,10-13,15-16H2,1-2H3;(H,3,4)(H,5,6). The molecule has 0 aliphatic carbocycles. The second kappa shape index (κ2) is 11.6. The van der Waals surface area contributed by atoms with Crippen LogP contribution in [-0.2, 0) is 22.7 Å². The van der Waals surface area contributed by atoms with E-state index in [-0.39, 0.29) is 0 Å². The van der Waals surface area contributed by atoms with Gasteiger partial charge in [0.25, 0.3) is 0 Å². The number of carboxylic acid groups (broad SMARTS) is 2. The van der Waals surface area contributed by atoms with Crippen molar-refractivity contribution in [3.8, 4) is 0 Å². The second-order valence-corrected chi connectivity index (χ2v) is 7.88. The highest BCUT2D eigenvalue weighted by molar-refractivity contribution is 7.98. The first-order valence-electron chi connectivity index (χ1n) is 9.47. The topological polar surface area (TPSA) is 81.1 Å². The van der Waals surface area contributed by atoms with Gasteiger partial charge in [-0.15, -0.1) is 11.8 Å². The molecule has 0 aromatic heterocycles. The molecule has 2 aromatic rings. The fourth-order valence-electron chi connectivity index (χ4n) is 3.16. The number of benzene rings is 2. The molecular formula is C22H28N2O4S. The normalized spacial score (nSPS) is 14.7. The third-order valence-corrected chi connectivity index (χ3v) is 5.45. The van der Waals surface area contributed by atoms with Crippen molar-refractivity contribution < 1.29 is 19.8 Å². The second-order valence-electron chi connectivity index (χ2n) is 7.00. The smallest absolute Gasteiger partial charge is 0.414 e. The molecule has 0 bridgehead atoms. The average molecular weight is 417 g/mol. The summed E-state index contributed by atoms with van der Waals surface area (Å²) in [5.41, 5.74) is 4.22. The van der Waals surface area contributed by atoms with Crippen molar-refractivity contribution >= 4 is 23.7 Å². The maximum atomic E-state index is 9.10. The van der Waals surface area contributed by atoms with Crippen LogP contribution in [0, 0.1) is 6.92 Å². The number of aliphatic carboxylic acids is 2. The van der Waals surface area contributed by atoms with Crippen molar-refractivity contribution in [3.63, 3.8) is 0 Å². The Morgan fingerprint density at radius 2 is 1.38 bits per heavy atom. The van der Waals surface area contributed by atoms with E-state index in [9.17, 15) is 0 Å². The van der Waals surface area contributed by atoms with Crippen molar-refractivity contribution in [2.24, 2.45) is 0 Å². The SMILES string of the molecule is CSc1ccc(CN2CCN(Cc3cccc(C)c3)CC2)cc1.O=C(O)C(=O)O. The van der Waals surface area contributed by atoms with Crippen LogP contribution in [0.15, 0.2) is 53.4 Å². The van der Waals surface area contributed by atoms with E-state index in [0.29, 0.717) is 0 Å². The lowest BCUT2D eigenvalue weighted by molar-refractivity contribution is -0.159. The molecule has 0 saturated carbocycles. The van der Waals surface area contributed by atoms with Crippen LogP contribution in [0.5, 0.6) is 0 Å². The zero-order valence-corrected chi connectivity index (χ0v) is 17.7. The molecule has 0 radical (unpaired) electrons. The third-order valence-electron chi connectivity index (χ3n) is 4.70. The zero-order valence-electron chi connectivity index (χ0n) is 16.9. The number of hydrogen-bond donors (Lipinski definition) is 2. The van der Waals surface area contributed by atoms with E-state index in [1.807, 2.05) is 0 Å². The molecule has 1 saturated heterocycles. The summed E-state index contributed by atoms with van der Waals surface area (Å²) in [5.74, 6) is -3.65. The Morgan fingerprint density at radius 1 is 0.862 bits per heavy atom. The number of aryl methyl sites for hydroxylation is 1. The molecule has 1 aliphatic heterocycles. The number of carboxylic acids is 2. The van der Waals surface area contributed by atoms with Crippen molar-refractivity contribution in [3.05, 3.63) is 65.2 Å². The Hall–Kier alpha value is -2.35. The molecule has 7 heteroatoms. The average Bonchev–Trinajstić information content (AvgIpc) is 2.70. The lowest BCUT2D eigenvalue weighted by Gasteiger charge is -2.34. The minimum Gasteiger partial charge on any atom is -0.473 e. The molecule has 0 spiro atoms. The lowest BCUT2D eigenvalue weighted by atomic mass is 10.1. The van der Waals surface area contributed by atoms with Crippen LogP contribution in [0.3, 0.4) is 0 Å². The molecule has 1 fully saturated rings. The van der Waals surface area contributed by atoms with Gasteiger partial charge in [0.15, 0.2) is 0 Å².